The van der Waals surface area contributed by atoms with Gasteiger partial charge < -0.3 is 4.98 Å². The van der Waals surface area contributed by atoms with Crippen molar-refractivity contribution in [2.24, 2.45) is 0 Å². The van der Waals surface area contributed by atoms with Gasteiger partial charge in [-0.1, -0.05) is 18.2 Å². The number of hydrogen-bond donors (Lipinski definition) is 1. The molecule has 3 aromatic rings. The fourth-order valence-electron chi connectivity index (χ4n) is 1.90. The zero-order chi connectivity index (χ0) is 12.5. The minimum atomic E-state index is -0.653. The van der Waals surface area contributed by atoms with Crippen molar-refractivity contribution in [2.75, 3.05) is 0 Å². The summed E-state index contributed by atoms with van der Waals surface area (Å²) < 4.78 is 1.38. The first kappa shape index (κ1) is 10.5. The van der Waals surface area contributed by atoms with Gasteiger partial charge >= 0.3 is 11.1 Å². The minimum absolute atomic E-state index is 0.533. The number of aromatic amines is 1. The Kier molecular flexibility index (Phi) is 2.30. The molecule has 5 nitrogen and oxygen atoms in total. The Labute approximate surface area is 101 Å². The van der Waals surface area contributed by atoms with Crippen LogP contribution in [0.3, 0.4) is 0 Å². The van der Waals surface area contributed by atoms with Crippen molar-refractivity contribution in [1.82, 2.24) is 14.5 Å². The van der Waals surface area contributed by atoms with Crippen LogP contribution in [0.1, 0.15) is 0 Å². The molecule has 2 heterocycles. The number of benzene rings is 1. The van der Waals surface area contributed by atoms with Gasteiger partial charge in [0.05, 0.1) is 17.2 Å². The summed E-state index contributed by atoms with van der Waals surface area (Å²) in [6.45, 7) is 0. The van der Waals surface area contributed by atoms with E-state index in [0.717, 1.165) is 0 Å². The monoisotopic (exact) mass is 239 g/mol. The number of para-hydroxylation sites is 1. The molecule has 0 aliphatic heterocycles. The molecular weight excluding hydrogens is 230 g/mol. The Morgan fingerprint density at radius 2 is 1.83 bits per heavy atom. The normalized spacial score (nSPS) is 10.7. The van der Waals surface area contributed by atoms with Gasteiger partial charge in [-0.15, -0.1) is 0 Å². The lowest BCUT2D eigenvalue weighted by atomic mass is 10.3. The van der Waals surface area contributed by atoms with Gasteiger partial charge in [-0.2, -0.15) is 0 Å². The highest BCUT2D eigenvalue weighted by atomic mass is 16.2. The number of hydrogen-bond acceptors (Lipinski definition) is 3. The standard InChI is InChI=1S/C13H9N3O2/c17-12-13(18)16(9-4-2-1-3-5-9)11-6-7-14-8-10(11)15-12/h1-8H,(H,15,17). The number of fused-ring (bicyclic) bond motifs is 1. The fourth-order valence-corrected chi connectivity index (χ4v) is 1.90. The molecule has 0 aliphatic rings. The summed E-state index contributed by atoms with van der Waals surface area (Å²) in [5.74, 6) is 0. The molecule has 0 bridgehead atoms. The lowest BCUT2D eigenvalue weighted by molar-refractivity contribution is 0.982. The second-order valence-electron chi connectivity index (χ2n) is 3.82. The lowest BCUT2D eigenvalue weighted by Crippen LogP contribution is -2.35. The first-order valence-corrected chi connectivity index (χ1v) is 5.42. The van der Waals surface area contributed by atoms with Crippen LogP contribution in [0.2, 0.25) is 0 Å². The second kappa shape index (κ2) is 3.96. The van der Waals surface area contributed by atoms with Crippen LogP contribution < -0.4 is 11.1 Å². The largest absolute Gasteiger partial charge is 0.321 e. The molecule has 0 saturated carbocycles. The summed E-state index contributed by atoms with van der Waals surface area (Å²) in [5, 5.41) is 0. The summed E-state index contributed by atoms with van der Waals surface area (Å²) in [6, 6.07) is 10.7. The van der Waals surface area contributed by atoms with E-state index >= 15 is 0 Å². The van der Waals surface area contributed by atoms with E-state index in [1.807, 2.05) is 18.2 Å². The highest BCUT2D eigenvalue weighted by molar-refractivity contribution is 5.75. The first-order valence-electron chi connectivity index (χ1n) is 5.42. The maximum absolute atomic E-state index is 12.0. The van der Waals surface area contributed by atoms with Crippen LogP contribution in [0.5, 0.6) is 0 Å². The highest BCUT2D eigenvalue weighted by Gasteiger charge is 2.08. The van der Waals surface area contributed by atoms with Crippen LogP contribution in [-0.2, 0) is 0 Å². The molecule has 0 aliphatic carbocycles. The van der Waals surface area contributed by atoms with Crippen molar-refractivity contribution in [1.29, 1.82) is 0 Å². The Balaban J connectivity index is 2.52. The number of aromatic nitrogens is 3. The molecule has 0 unspecified atom stereocenters. The van der Waals surface area contributed by atoms with Gasteiger partial charge in [0, 0.05) is 11.9 Å². The molecule has 1 aromatic carbocycles. The molecule has 0 atom stereocenters. The molecule has 1 N–H and O–H groups in total. The van der Waals surface area contributed by atoms with Crippen LogP contribution >= 0.6 is 0 Å². The topological polar surface area (TPSA) is 67.8 Å². The van der Waals surface area contributed by atoms with Crippen molar-refractivity contribution in [3.05, 3.63) is 69.5 Å². The highest BCUT2D eigenvalue weighted by Crippen LogP contribution is 2.11. The summed E-state index contributed by atoms with van der Waals surface area (Å²) >= 11 is 0. The third-order valence-corrected chi connectivity index (χ3v) is 2.70. The molecule has 0 saturated heterocycles. The van der Waals surface area contributed by atoms with Crippen molar-refractivity contribution in [3.63, 3.8) is 0 Å². The Morgan fingerprint density at radius 1 is 1.06 bits per heavy atom. The van der Waals surface area contributed by atoms with E-state index in [1.54, 1.807) is 24.4 Å². The van der Waals surface area contributed by atoms with Crippen molar-refractivity contribution in [3.8, 4) is 5.69 Å². The maximum Gasteiger partial charge on any atom is 0.321 e. The van der Waals surface area contributed by atoms with Crippen LogP contribution in [0.4, 0.5) is 0 Å². The molecule has 0 fully saturated rings. The van der Waals surface area contributed by atoms with Crippen molar-refractivity contribution < 1.29 is 0 Å². The summed E-state index contributed by atoms with van der Waals surface area (Å²) in [4.78, 5) is 30.0. The van der Waals surface area contributed by atoms with E-state index < -0.39 is 11.1 Å². The van der Waals surface area contributed by atoms with E-state index in [2.05, 4.69) is 9.97 Å². The molecule has 3 rings (SSSR count). The average Bonchev–Trinajstić information content (AvgIpc) is 2.41. The minimum Gasteiger partial charge on any atom is -0.315 e. The van der Waals surface area contributed by atoms with Gasteiger partial charge in [0.1, 0.15) is 0 Å². The molecular formula is C13H9N3O2. The third kappa shape index (κ3) is 1.53. The Morgan fingerprint density at radius 3 is 2.61 bits per heavy atom. The number of nitrogens with zero attached hydrogens (tertiary/aromatic N) is 2. The smallest absolute Gasteiger partial charge is 0.315 e. The summed E-state index contributed by atoms with van der Waals surface area (Å²) in [7, 11) is 0. The van der Waals surface area contributed by atoms with E-state index in [-0.39, 0.29) is 0 Å². The number of pyridine rings is 1. The zero-order valence-electron chi connectivity index (χ0n) is 9.33. The van der Waals surface area contributed by atoms with Crippen LogP contribution in [0.15, 0.2) is 58.4 Å². The van der Waals surface area contributed by atoms with Gasteiger partial charge in [0.15, 0.2) is 0 Å². The van der Waals surface area contributed by atoms with Gasteiger partial charge in [-0.3, -0.25) is 19.1 Å². The Bertz CT molecular complexity index is 819. The maximum atomic E-state index is 12.0. The van der Waals surface area contributed by atoms with E-state index in [1.165, 1.54) is 10.8 Å². The molecule has 0 radical (unpaired) electrons. The lowest BCUT2D eigenvalue weighted by Gasteiger charge is -2.08. The number of H-pyrrole nitrogens is 1. The molecule has 88 valence electrons. The van der Waals surface area contributed by atoms with E-state index in [0.29, 0.717) is 16.7 Å². The van der Waals surface area contributed by atoms with Gasteiger partial charge in [0.25, 0.3) is 0 Å². The number of nitrogens with one attached hydrogen (secondary N) is 1. The quantitative estimate of drug-likeness (QED) is 0.646. The van der Waals surface area contributed by atoms with Gasteiger partial charge in [0.2, 0.25) is 0 Å². The first-order chi connectivity index (χ1) is 8.77. The average molecular weight is 239 g/mol. The van der Waals surface area contributed by atoms with E-state index in [9.17, 15) is 9.59 Å². The van der Waals surface area contributed by atoms with Crippen molar-refractivity contribution in [2.45, 2.75) is 0 Å². The molecule has 5 heteroatoms. The van der Waals surface area contributed by atoms with Gasteiger partial charge in [-0.05, 0) is 18.2 Å². The second-order valence-corrected chi connectivity index (χ2v) is 3.82. The molecule has 0 amide bonds. The SMILES string of the molecule is O=c1[nH]c2cnccc2n(-c2ccccc2)c1=O. The zero-order valence-corrected chi connectivity index (χ0v) is 9.33. The number of rotatable bonds is 1. The molecule has 2 aromatic heterocycles. The molecule has 18 heavy (non-hydrogen) atoms. The van der Waals surface area contributed by atoms with Crippen LogP contribution in [-0.4, -0.2) is 14.5 Å². The van der Waals surface area contributed by atoms with Gasteiger partial charge in [-0.25, -0.2) is 0 Å². The van der Waals surface area contributed by atoms with Crippen molar-refractivity contribution >= 4 is 11.0 Å². The van der Waals surface area contributed by atoms with E-state index in [4.69, 9.17) is 0 Å². The predicted molar refractivity (Wildman–Crippen MR) is 68.0 cm³/mol. The Hall–Kier alpha value is -2.69. The summed E-state index contributed by atoms with van der Waals surface area (Å²) in [6.07, 6.45) is 3.11. The predicted octanol–water partition coefficient (Wildman–Crippen LogP) is 1.07. The molecule has 0 spiro atoms. The fraction of sp³-hybridized carbons (Fsp3) is 0. The van der Waals surface area contributed by atoms with Crippen LogP contribution in [0, 0.1) is 0 Å². The summed E-state index contributed by atoms with van der Waals surface area (Å²) in [5.41, 5.74) is 0.566. The van der Waals surface area contributed by atoms with Crippen LogP contribution in [0.25, 0.3) is 16.7 Å². The third-order valence-electron chi connectivity index (χ3n) is 2.70.